The summed E-state index contributed by atoms with van der Waals surface area (Å²) in [5, 5.41) is 3.36. The van der Waals surface area contributed by atoms with Gasteiger partial charge in [-0.25, -0.2) is 0 Å². The molecule has 2 aliphatic rings. The molecule has 10 heavy (non-hydrogen) atoms. The van der Waals surface area contributed by atoms with Gasteiger partial charge in [-0.1, -0.05) is 6.42 Å². The zero-order valence-corrected chi connectivity index (χ0v) is 6.40. The Morgan fingerprint density at radius 1 is 1.20 bits per heavy atom. The van der Waals surface area contributed by atoms with E-state index in [1.807, 2.05) is 0 Å². The third kappa shape index (κ3) is 1.07. The predicted octanol–water partition coefficient (Wildman–Crippen LogP) is 1.56. The van der Waals surface area contributed by atoms with Crippen molar-refractivity contribution in [3.8, 4) is 0 Å². The minimum Gasteiger partial charge on any atom is -0.316 e. The second-order valence-corrected chi connectivity index (χ2v) is 3.49. The first-order valence-electron chi connectivity index (χ1n) is 4.31. The van der Waals surface area contributed by atoms with E-state index in [1.54, 1.807) is 0 Å². The van der Waals surface area contributed by atoms with Gasteiger partial charge >= 0.3 is 0 Å². The Morgan fingerprint density at radius 2 is 2.20 bits per heavy atom. The van der Waals surface area contributed by atoms with Crippen LogP contribution in [-0.2, 0) is 0 Å². The fourth-order valence-electron chi connectivity index (χ4n) is 2.14. The Labute approximate surface area is 63.2 Å². The summed E-state index contributed by atoms with van der Waals surface area (Å²) in [6.45, 7) is 2.34. The van der Waals surface area contributed by atoms with Crippen LogP contribution in [0.4, 0.5) is 0 Å². The van der Waals surface area contributed by atoms with Gasteiger partial charge in [0.05, 0.1) is 0 Å². The van der Waals surface area contributed by atoms with Crippen LogP contribution in [0.3, 0.4) is 0 Å². The van der Waals surface area contributed by atoms with Crippen LogP contribution in [0.2, 0.25) is 0 Å². The molecule has 1 spiro atoms. The van der Waals surface area contributed by atoms with Crippen molar-refractivity contribution in [2.45, 2.75) is 25.7 Å². The van der Waals surface area contributed by atoms with Crippen LogP contribution in [0.25, 0.3) is 0 Å². The molecule has 2 rings (SSSR count). The predicted molar refractivity (Wildman–Crippen MR) is 42.4 cm³/mol. The highest BCUT2D eigenvalue weighted by Gasteiger charge is 2.34. The van der Waals surface area contributed by atoms with Crippen molar-refractivity contribution in [1.29, 1.82) is 0 Å². The normalized spacial score (nSPS) is 31.2. The lowest BCUT2D eigenvalue weighted by atomic mass is 9.78. The molecule has 1 saturated heterocycles. The molecule has 2 fully saturated rings. The summed E-state index contributed by atoms with van der Waals surface area (Å²) in [6, 6.07) is 0. The number of hydrogen-bond donors (Lipinski definition) is 1. The molecule has 0 bridgehead atoms. The van der Waals surface area contributed by atoms with Gasteiger partial charge in [0, 0.05) is 0 Å². The summed E-state index contributed by atoms with van der Waals surface area (Å²) in [5.74, 6) is 0. The van der Waals surface area contributed by atoms with Crippen LogP contribution in [0.15, 0.2) is 0 Å². The summed E-state index contributed by atoms with van der Waals surface area (Å²) in [6.07, 6.45) is 10.5. The molecule has 56 valence electrons. The highest BCUT2D eigenvalue weighted by Crippen LogP contribution is 2.43. The lowest BCUT2D eigenvalue weighted by molar-refractivity contribution is 0.337. The molecule has 1 N–H and O–H groups in total. The minimum atomic E-state index is 0.561. The van der Waals surface area contributed by atoms with Gasteiger partial charge in [0.15, 0.2) is 0 Å². The van der Waals surface area contributed by atoms with Crippen molar-refractivity contribution in [3.05, 3.63) is 12.8 Å². The molecule has 2 radical (unpaired) electrons. The van der Waals surface area contributed by atoms with E-state index in [-0.39, 0.29) is 0 Å². The van der Waals surface area contributed by atoms with Crippen molar-refractivity contribution in [2.75, 3.05) is 13.1 Å². The highest BCUT2D eigenvalue weighted by atomic mass is 14.9. The molecule has 1 saturated carbocycles. The lowest BCUT2D eigenvalue weighted by Crippen LogP contribution is -2.35. The van der Waals surface area contributed by atoms with Gasteiger partial charge in [-0.15, -0.1) is 0 Å². The first kappa shape index (κ1) is 6.66. The monoisotopic (exact) mass is 137 g/mol. The average molecular weight is 137 g/mol. The molecule has 1 aliphatic heterocycles. The van der Waals surface area contributed by atoms with E-state index in [0.29, 0.717) is 5.41 Å². The maximum Gasteiger partial charge on any atom is -0.00117 e. The quantitative estimate of drug-likeness (QED) is 0.534. The Kier molecular flexibility index (Phi) is 1.69. The standard InChI is InChI=1S/C9H15N/c1-2-4-9(3-1)5-7-10-8-6-9/h3,5,10H,1-2,4,6-8H2. The van der Waals surface area contributed by atoms with Gasteiger partial charge in [0.1, 0.15) is 0 Å². The number of hydrogen-bond acceptors (Lipinski definition) is 1. The second-order valence-electron chi connectivity index (χ2n) is 3.49. The van der Waals surface area contributed by atoms with Crippen molar-refractivity contribution >= 4 is 0 Å². The summed E-state index contributed by atoms with van der Waals surface area (Å²) < 4.78 is 0. The molecule has 1 unspecified atom stereocenters. The molecule has 0 amide bonds. The Balaban J connectivity index is 1.98. The third-order valence-corrected chi connectivity index (χ3v) is 2.82. The number of piperidine rings is 1. The molecule has 0 aromatic heterocycles. The van der Waals surface area contributed by atoms with Crippen LogP contribution in [-0.4, -0.2) is 13.1 Å². The second kappa shape index (κ2) is 2.54. The van der Waals surface area contributed by atoms with Crippen LogP contribution in [0.5, 0.6) is 0 Å². The zero-order chi connectivity index (χ0) is 6.86. The maximum atomic E-state index is 3.36. The van der Waals surface area contributed by atoms with Crippen molar-refractivity contribution < 1.29 is 0 Å². The van der Waals surface area contributed by atoms with Gasteiger partial charge in [-0.05, 0) is 50.6 Å². The maximum absolute atomic E-state index is 3.36. The summed E-state index contributed by atoms with van der Waals surface area (Å²) in [7, 11) is 0. The van der Waals surface area contributed by atoms with Crippen LogP contribution in [0.1, 0.15) is 25.7 Å². The molecular weight excluding hydrogens is 122 g/mol. The van der Waals surface area contributed by atoms with Crippen molar-refractivity contribution in [2.24, 2.45) is 5.41 Å². The summed E-state index contributed by atoms with van der Waals surface area (Å²) in [4.78, 5) is 0. The van der Waals surface area contributed by atoms with E-state index < -0.39 is 0 Å². The van der Waals surface area contributed by atoms with E-state index in [9.17, 15) is 0 Å². The van der Waals surface area contributed by atoms with Crippen molar-refractivity contribution in [1.82, 2.24) is 5.32 Å². The first-order chi connectivity index (χ1) is 4.91. The van der Waals surface area contributed by atoms with Crippen LogP contribution >= 0.6 is 0 Å². The Hall–Kier alpha value is -0.0400. The van der Waals surface area contributed by atoms with Crippen molar-refractivity contribution in [3.63, 3.8) is 0 Å². The molecule has 1 heterocycles. The van der Waals surface area contributed by atoms with Crippen LogP contribution in [0, 0.1) is 18.3 Å². The SMILES string of the molecule is [CH]1CCCC12[CH]CNCC2. The number of nitrogens with one attached hydrogen (secondary N) is 1. The zero-order valence-electron chi connectivity index (χ0n) is 6.40. The molecule has 1 nitrogen and oxygen atoms in total. The lowest BCUT2D eigenvalue weighted by Gasteiger charge is -2.32. The fourth-order valence-corrected chi connectivity index (χ4v) is 2.14. The summed E-state index contributed by atoms with van der Waals surface area (Å²) >= 11 is 0. The van der Waals surface area contributed by atoms with E-state index in [4.69, 9.17) is 0 Å². The minimum absolute atomic E-state index is 0.561. The van der Waals surface area contributed by atoms with Gasteiger partial charge in [0.2, 0.25) is 0 Å². The average Bonchev–Trinajstić information content (AvgIpc) is 2.39. The molecule has 0 aromatic rings. The van der Waals surface area contributed by atoms with E-state index in [0.717, 1.165) is 6.54 Å². The highest BCUT2D eigenvalue weighted by molar-refractivity contribution is 5.09. The van der Waals surface area contributed by atoms with E-state index >= 15 is 0 Å². The van der Waals surface area contributed by atoms with Gasteiger partial charge in [-0.2, -0.15) is 0 Å². The topological polar surface area (TPSA) is 12.0 Å². The molecule has 0 aromatic carbocycles. The molecule has 1 aliphatic carbocycles. The largest absolute Gasteiger partial charge is 0.316 e. The summed E-state index contributed by atoms with van der Waals surface area (Å²) in [5.41, 5.74) is 0.561. The van der Waals surface area contributed by atoms with Gasteiger partial charge < -0.3 is 5.32 Å². The van der Waals surface area contributed by atoms with E-state index in [2.05, 4.69) is 18.2 Å². The van der Waals surface area contributed by atoms with Crippen LogP contribution < -0.4 is 5.32 Å². The third-order valence-electron chi connectivity index (χ3n) is 2.82. The fraction of sp³-hybridized carbons (Fsp3) is 0.778. The first-order valence-corrected chi connectivity index (χ1v) is 4.31. The Morgan fingerprint density at radius 3 is 2.80 bits per heavy atom. The van der Waals surface area contributed by atoms with Gasteiger partial charge in [0.25, 0.3) is 0 Å². The smallest absolute Gasteiger partial charge is 0.00117 e. The molecule has 1 atom stereocenters. The molecule has 1 heteroatoms. The van der Waals surface area contributed by atoms with E-state index in [1.165, 1.54) is 32.2 Å². The van der Waals surface area contributed by atoms with Gasteiger partial charge in [-0.3, -0.25) is 0 Å². The Bertz CT molecular complexity index is 106. The number of rotatable bonds is 0. The molecular formula is C9H15N.